The van der Waals surface area contributed by atoms with Crippen molar-refractivity contribution in [2.24, 2.45) is 0 Å². The quantitative estimate of drug-likeness (QED) is 0.693. The molecular formula is C18H19N3O5S. The van der Waals surface area contributed by atoms with E-state index >= 15 is 0 Å². The fourth-order valence-corrected chi connectivity index (χ4v) is 3.68. The third kappa shape index (κ3) is 3.79. The van der Waals surface area contributed by atoms with Gasteiger partial charge < -0.3 is 9.73 Å². The van der Waals surface area contributed by atoms with Gasteiger partial charge in [0.05, 0.1) is 11.2 Å². The molecule has 1 heterocycles. The van der Waals surface area contributed by atoms with Crippen LogP contribution < -0.4 is 11.1 Å². The normalized spacial score (nSPS) is 11.8. The van der Waals surface area contributed by atoms with Crippen LogP contribution in [0.4, 0.5) is 5.69 Å². The number of nitrogens with one attached hydrogen (secondary N) is 1. The highest BCUT2D eigenvalue weighted by molar-refractivity contribution is 7.89. The molecule has 0 aliphatic heterocycles. The summed E-state index contributed by atoms with van der Waals surface area (Å²) in [5, 5.41) is 2.61. The van der Waals surface area contributed by atoms with Gasteiger partial charge in [-0.05, 0) is 24.3 Å². The van der Waals surface area contributed by atoms with Crippen molar-refractivity contribution in [1.82, 2.24) is 8.87 Å². The minimum Gasteiger partial charge on any atom is -0.408 e. The van der Waals surface area contributed by atoms with Crippen molar-refractivity contribution in [2.45, 2.75) is 17.9 Å². The molecule has 2 aromatic carbocycles. The van der Waals surface area contributed by atoms with Gasteiger partial charge in [0.15, 0.2) is 5.58 Å². The molecule has 0 unspecified atom stereocenters. The average Bonchev–Trinajstić information content (AvgIpc) is 2.95. The van der Waals surface area contributed by atoms with E-state index in [9.17, 15) is 18.0 Å². The van der Waals surface area contributed by atoms with Gasteiger partial charge in [0.25, 0.3) is 0 Å². The number of carbonyl (C=O) groups excluding carboxylic acids is 1. The summed E-state index contributed by atoms with van der Waals surface area (Å²) in [6.45, 7) is 0.115. The molecule has 0 aliphatic rings. The summed E-state index contributed by atoms with van der Waals surface area (Å²) in [5.41, 5.74) is 1.25. The minimum absolute atomic E-state index is 0.00859. The molecular weight excluding hydrogens is 370 g/mol. The summed E-state index contributed by atoms with van der Waals surface area (Å²) in [4.78, 5) is 24.3. The molecule has 8 nitrogen and oxygen atoms in total. The van der Waals surface area contributed by atoms with Crippen LogP contribution in [0.1, 0.15) is 6.42 Å². The molecule has 3 aromatic rings. The highest BCUT2D eigenvalue weighted by Gasteiger charge is 2.21. The van der Waals surface area contributed by atoms with Gasteiger partial charge in [-0.15, -0.1) is 0 Å². The SMILES string of the molecule is CN(C)S(=O)(=O)c1ccccc1NC(=O)CCn1c(=O)oc2ccccc21. The number of fused-ring (bicyclic) bond motifs is 1. The van der Waals surface area contributed by atoms with E-state index < -0.39 is 21.7 Å². The Kier molecular flexibility index (Phi) is 5.15. The third-order valence-corrected chi connectivity index (χ3v) is 5.93. The van der Waals surface area contributed by atoms with E-state index in [0.29, 0.717) is 11.1 Å². The second-order valence-corrected chi connectivity index (χ2v) is 8.19. The lowest BCUT2D eigenvalue weighted by Gasteiger charge is -2.15. The Labute approximate surface area is 156 Å². The predicted octanol–water partition coefficient (Wildman–Crippen LogP) is 1.87. The van der Waals surface area contributed by atoms with Gasteiger partial charge in [0.2, 0.25) is 15.9 Å². The second-order valence-electron chi connectivity index (χ2n) is 6.07. The summed E-state index contributed by atoms with van der Waals surface area (Å²) < 4.78 is 32.4. The number of nitrogens with zero attached hydrogens (tertiary/aromatic N) is 2. The molecule has 0 bridgehead atoms. The number of carbonyl (C=O) groups is 1. The van der Waals surface area contributed by atoms with Crippen LogP contribution in [-0.4, -0.2) is 37.3 Å². The maximum Gasteiger partial charge on any atom is 0.419 e. The van der Waals surface area contributed by atoms with E-state index in [1.807, 2.05) is 0 Å². The zero-order valence-corrected chi connectivity index (χ0v) is 15.7. The molecule has 0 saturated heterocycles. The van der Waals surface area contributed by atoms with E-state index in [0.717, 1.165) is 4.31 Å². The molecule has 0 aliphatic carbocycles. The number of hydrogen-bond acceptors (Lipinski definition) is 5. The number of rotatable bonds is 6. The lowest BCUT2D eigenvalue weighted by atomic mass is 10.3. The van der Waals surface area contributed by atoms with E-state index in [2.05, 4.69) is 5.32 Å². The zero-order valence-electron chi connectivity index (χ0n) is 14.9. The summed E-state index contributed by atoms with van der Waals surface area (Å²) in [7, 11) is -0.856. The number of aryl methyl sites for hydroxylation is 1. The predicted molar refractivity (Wildman–Crippen MR) is 101 cm³/mol. The Morgan fingerprint density at radius 2 is 1.78 bits per heavy atom. The number of hydrogen-bond donors (Lipinski definition) is 1. The first kappa shape index (κ1) is 18.9. The lowest BCUT2D eigenvalue weighted by molar-refractivity contribution is -0.116. The minimum atomic E-state index is -3.70. The van der Waals surface area contributed by atoms with Crippen molar-refractivity contribution in [2.75, 3.05) is 19.4 Å². The molecule has 1 N–H and O–H groups in total. The highest BCUT2D eigenvalue weighted by Crippen LogP contribution is 2.23. The monoisotopic (exact) mass is 389 g/mol. The van der Waals surface area contributed by atoms with Gasteiger partial charge >= 0.3 is 5.76 Å². The first-order valence-corrected chi connectivity index (χ1v) is 9.64. The van der Waals surface area contributed by atoms with Crippen LogP contribution in [0.2, 0.25) is 0 Å². The van der Waals surface area contributed by atoms with Gasteiger partial charge in [-0.2, -0.15) is 0 Å². The average molecular weight is 389 g/mol. The van der Waals surface area contributed by atoms with Crippen LogP contribution in [0.15, 0.2) is 62.6 Å². The molecule has 1 aromatic heterocycles. The van der Waals surface area contributed by atoms with Crippen molar-refractivity contribution >= 4 is 32.7 Å². The molecule has 0 spiro atoms. The van der Waals surface area contributed by atoms with Crippen molar-refractivity contribution < 1.29 is 17.6 Å². The Morgan fingerprint density at radius 1 is 1.11 bits per heavy atom. The largest absolute Gasteiger partial charge is 0.419 e. The van der Waals surface area contributed by atoms with E-state index in [1.54, 1.807) is 36.4 Å². The zero-order chi connectivity index (χ0) is 19.6. The molecule has 0 atom stereocenters. The van der Waals surface area contributed by atoms with E-state index in [-0.39, 0.29) is 23.5 Å². The van der Waals surface area contributed by atoms with Crippen LogP contribution in [0.3, 0.4) is 0 Å². The number of amides is 1. The van der Waals surface area contributed by atoms with Gasteiger partial charge in [0, 0.05) is 27.1 Å². The number of aromatic nitrogens is 1. The second kappa shape index (κ2) is 7.37. The van der Waals surface area contributed by atoms with Crippen molar-refractivity contribution in [1.29, 1.82) is 0 Å². The van der Waals surface area contributed by atoms with Crippen LogP contribution in [0.5, 0.6) is 0 Å². The van der Waals surface area contributed by atoms with Crippen molar-refractivity contribution in [3.05, 3.63) is 59.1 Å². The van der Waals surface area contributed by atoms with Gasteiger partial charge in [-0.3, -0.25) is 9.36 Å². The molecule has 3 rings (SSSR count). The highest BCUT2D eigenvalue weighted by atomic mass is 32.2. The molecule has 142 valence electrons. The molecule has 1 amide bonds. The van der Waals surface area contributed by atoms with Gasteiger partial charge in [0.1, 0.15) is 4.90 Å². The Balaban J connectivity index is 1.78. The van der Waals surface area contributed by atoms with Crippen LogP contribution in [-0.2, 0) is 21.4 Å². The summed E-state index contributed by atoms with van der Waals surface area (Å²) in [6.07, 6.45) is -0.0141. The number of benzene rings is 2. The van der Waals surface area contributed by atoms with Crippen LogP contribution in [0, 0.1) is 0 Å². The van der Waals surface area contributed by atoms with Gasteiger partial charge in [-0.25, -0.2) is 17.5 Å². The molecule has 9 heteroatoms. The molecule has 0 radical (unpaired) electrons. The summed E-state index contributed by atoms with van der Waals surface area (Å²) in [6, 6.07) is 13.1. The van der Waals surface area contributed by atoms with E-state index in [4.69, 9.17) is 4.42 Å². The van der Waals surface area contributed by atoms with Crippen LogP contribution >= 0.6 is 0 Å². The third-order valence-electron chi connectivity index (χ3n) is 4.06. The Hall–Kier alpha value is -2.91. The first-order valence-electron chi connectivity index (χ1n) is 8.20. The Bertz CT molecular complexity index is 1150. The number of anilines is 1. The molecule has 0 fully saturated rings. The smallest absolute Gasteiger partial charge is 0.408 e. The summed E-state index contributed by atoms with van der Waals surface area (Å²) in [5.74, 6) is -0.951. The Morgan fingerprint density at radius 3 is 2.52 bits per heavy atom. The lowest BCUT2D eigenvalue weighted by Crippen LogP contribution is -2.25. The van der Waals surface area contributed by atoms with E-state index in [1.165, 1.54) is 30.8 Å². The fraction of sp³-hybridized carbons (Fsp3) is 0.222. The number of para-hydroxylation sites is 3. The fourth-order valence-electron chi connectivity index (χ4n) is 2.64. The molecule has 27 heavy (non-hydrogen) atoms. The first-order chi connectivity index (χ1) is 12.8. The van der Waals surface area contributed by atoms with Crippen molar-refractivity contribution in [3.63, 3.8) is 0 Å². The number of sulfonamides is 1. The topological polar surface area (TPSA) is 102 Å². The summed E-state index contributed by atoms with van der Waals surface area (Å²) >= 11 is 0. The van der Waals surface area contributed by atoms with Crippen molar-refractivity contribution in [3.8, 4) is 0 Å². The molecule has 0 saturated carbocycles. The number of oxazole rings is 1. The van der Waals surface area contributed by atoms with Gasteiger partial charge in [-0.1, -0.05) is 24.3 Å². The standard InChI is InChI=1S/C18H19N3O5S/c1-20(2)27(24,25)16-10-6-3-7-13(16)19-17(22)11-12-21-14-8-4-5-9-15(14)26-18(21)23/h3-10H,11-12H2,1-2H3,(H,19,22). The maximum absolute atomic E-state index is 12.4. The maximum atomic E-state index is 12.4. The van der Waals surface area contributed by atoms with Crippen LogP contribution in [0.25, 0.3) is 11.1 Å².